The van der Waals surface area contributed by atoms with Gasteiger partial charge in [-0.15, -0.1) is 11.3 Å². The maximum atomic E-state index is 12.7. The van der Waals surface area contributed by atoms with Crippen molar-refractivity contribution in [1.29, 1.82) is 0 Å². The predicted octanol–water partition coefficient (Wildman–Crippen LogP) is 4.99. The number of hydrogen-bond acceptors (Lipinski definition) is 5. The van der Waals surface area contributed by atoms with Gasteiger partial charge in [0.05, 0.1) is 18.0 Å². The molecule has 1 N–H and O–H groups in total. The zero-order valence-electron chi connectivity index (χ0n) is 15.6. The molecule has 1 amide bonds. The number of aromatic nitrogens is 1. The van der Waals surface area contributed by atoms with Crippen molar-refractivity contribution in [2.75, 3.05) is 11.9 Å². The summed E-state index contributed by atoms with van der Waals surface area (Å²) in [7, 11) is 0. The number of carbonyl (C=O) groups excluding carboxylic acids is 1. The Balaban J connectivity index is 1.69. The lowest BCUT2D eigenvalue weighted by molar-refractivity contribution is 0.102. The largest absolute Gasteiger partial charge is 0.492 e. The van der Waals surface area contributed by atoms with Gasteiger partial charge in [-0.1, -0.05) is 24.3 Å². The number of thiazole rings is 1. The summed E-state index contributed by atoms with van der Waals surface area (Å²) in [5.74, 6) is 1.25. The molecule has 0 aliphatic carbocycles. The van der Waals surface area contributed by atoms with Crippen LogP contribution in [0.25, 0.3) is 0 Å². The second kappa shape index (κ2) is 8.68. The average molecular weight is 382 g/mol. The molecule has 2 aromatic carbocycles. The van der Waals surface area contributed by atoms with Gasteiger partial charge in [0.25, 0.3) is 5.91 Å². The molecular formula is C21H22N2O3S. The first kappa shape index (κ1) is 18.9. The second-order valence-corrected chi connectivity index (χ2v) is 7.09. The second-order valence-electron chi connectivity index (χ2n) is 6.01. The minimum absolute atomic E-state index is 0.195. The summed E-state index contributed by atoms with van der Waals surface area (Å²) in [5, 5.41) is 3.67. The summed E-state index contributed by atoms with van der Waals surface area (Å²) in [5.41, 5.74) is 2.47. The monoisotopic (exact) mass is 382 g/mol. The van der Waals surface area contributed by atoms with Crippen molar-refractivity contribution in [3.63, 3.8) is 0 Å². The number of hydrogen-bond donors (Lipinski definition) is 1. The van der Waals surface area contributed by atoms with E-state index in [4.69, 9.17) is 9.47 Å². The van der Waals surface area contributed by atoms with Gasteiger partial charge >= 0.3 is 0 Å². The van der Waals surface area contributed by atoms with E-state index in [1.165, 1.54) is 11.3 Å². The molecule has 5 nitrogen and oxygen atoms in total. The van der Waals surface area contributed by atoms with Crippen LogP contribution in [0.2, 0.25) is 0 Å². The number of ether oxygens (including phenoxy) is 2. The predicted molar refractivity (Wildman–Crippen MR) is 108 cm³/mol. The third-order valence-corrected chi connectivity index (χ3v) is 4.96. The van der Waals surface area contributed by atoms with Gasteiger partial charge < -0.3 is 14.8 Å². The highest BCUT2D eigenvalue weighted by Crippen LogP contribution is 2.26. The molecule has 0 radical (unpaired) electrons. The van der Waals surface area contributed by atoms with Crippen LogP contribution in [0, 0.1) is 13.8 Å². The van der Waals surface area contributed by atoms with Crippen molar-refractivity contribution in [1.82, 2.24) is 4.98 Å². The third-order valence-electron chi connectivity index (χ3n) is 3.83. The minimum Gasteiger partial charge on any atom is -0.492 e. The molecule has 0 saturated carbocycles. The Labute approximate surface area is 163 Å². The normalized spacial score (nSPS) is 10.5. The molecule has 0 aliphatic rings. The number of benzene rings is 2. The van der Waals surface area contributed by atoms with Crippen molar-refractivity contribution >= 4 is 22.9 Å². The molecule has 6 heteroatoms. The van der Waals surface area contributed by atoms with Crippen LogP contribution in [0.5, 0.6) is 11.5 Å². The number of aryl methyl sites for hydroxylation is 2. The van der Waals surface area contributed by atoms with Gasteiger partial charge in [-0.05, 0) is 50.6 Å². The van der Waals surface area contributed by atoms with Gasteiger partial charge in [-0.25, -0.2) is 4.98 Å². The molecule has 0 spiro atoms. The Morgan fingerprint density at radius 1 is 1.11 bits per heavy atom. The zero-order valence-corrected chi connectivity index (χ0v) is 16.4. The number of amides is 1. The summed E-state index contributed by atoms with van der Waals surface area (Å²) < 4.78 is 11.3. The van der Waals surface area contributed by atoms with Crippen LogP contribution in [0.3, 0.4) is 0 Å². The molecule has 3 rings (SSSR count). The fourth-order valence-corrected chi connectivity index (χ4v) is 3.48. The van der Waals surface area contributed by atoms with E-state index in [0.29, 0.717) is 35.2 Å². The molecule has 3 aromatic rings. The Kier molecular flexibility index (Phi) is 6.08. The van der Waals surface area contributed by atoms with E-state index in [-0.39, 0.29) is 5.91 Å². The molecule has 0 atom stereocenters. The van der Waals surface area contributed by atoms with Crippen molar-refractivity contribution in [2.24, 2.45) is 0 Å². The Hall–Kier alpha value is -2.86. The molecular weight excluding hydrogens is 360 g/mol. The number of nitrogens with zero attached hydrogens (tertiary/aromatic N) is 1. The fraction of sp³-hybridized carbons (Fsp3) is 0.238. The molecule has 0 unspecified atom stereocenters. The SMILES string of the molecule is CCOc1ccccc1NC(=O)c1sc(COc2cccc(C)c2)nc1C. The van der Waals surface area contributed by atoms with Gasteiger partial charge in [-0.3, -0.25) is 4.79 Å². The lowest BCUT2D eigenvalue weighted by Gasteiger charge is -2.10. The van der Waals surface area contributed by atoms with Gasteiger partial charge in [-0.2, -0.15) is 0 Å². The van der Waals surface area contributed by atoms with Gasteiger partial charge in [0.1, 0.15) is 28.0 Å². The minimum atomic E-state index is -0.195. The number of nitrogens with one attached hydrogen (secondary N) is 1. The number of para-hydroxylation sites is 2. The van der Waals surface area contributed by atoms with Crippen LogP contribution in [0.4, 0.5) is 5.69 Å². The Bertz CT molecular complexity index is 937. The molecule has 0 saturated heterocycles. The van der Waals surface area contributed by atoms with E-state index in [0.717, 1.165) is 16.3 Å². The van der Waals surface area contributed by atoms with E-state index in [2.05, 4.69) is 10.3 Å². The fourth-order valence-electron chi connectivity index (χ4n) is 2.61. The summed E-state index contributed by atoms with van der Waals surface area (Å²) in [6, 6.07) is 15.2. The highest BCUT2D eigenvalue weighted by Gasteiger charge is 2.17. The maximum absolute atomic E-state index is 12.7. The number of anilines is 1. The van der Waals surface area contributed by atoms with Crippen LogP contribution < -0.4 is 14.8 Å². The lowest BCUT2D eigenvalue weighted by atomic mass is 10.2. The van der Waals surface area contributed by atoms with Crippen molar-refractivity contribution in [2.45, 2.75) is 27.4 Å². The topological polar surface area (TPSA) is 60.5 Å². The quantitative estimate of drug-likeness (QED) is 0.625. The van der Waals surface area contributed by atoms with Crippen molar-refractivity contribution in [3.05, 3.63) is 69.7 Å². The lowest BCUT2D eigenvalue weighted by Crippen LogP contribution is -2.12. The van der Waals surface area contributed by atoms with E-state index < -0.39 is 0 Å². The average Bonchev–Trinajstić information content (AvgIpc) is 3.03. The summed E-state index contributed by atoms with van der Waals surface area (Å²) >= 11 is 1.34. The van der Waals surface area contributed by atoms with Gasteiger partial charge in [0.2, 0.25) is 0 Å². The standard InChI is InChI=1S/C21H22N2O3S/c1-4-25-18-11-6-5-10-17(18)23-21(24)20-15(3)22-19(27-20)13-26-16-9-7-8-14(2)12-16/h5-12H,4,13H2,1-3H3,(H,23,24). The van der Waals surface area contributed by atoms with E-state index in [1.54, 1.807) is 0 Å². The number of rotatable bonds is 7. The zero-order chi connectivity index (χ0) is 19.2. The van der Waals surface area contributed by atoms with Gasteiger partial charge in [0.15, 0.2) is 0 Å². The highest BCUT2D eigenvalue weighted by atomic mass is 32.1. The summed E-state index contributed by atoms with van der Waals surface area (Å²) in [4.78, 5) is 17.7. The van der Waals surface area contributed by atoms with Gasteiger partial charge in [0, 0.05) is 0 Å². The smallest absolute Gasteiger partial charge is 0.267 e. The van der Waals surface area contributed by atoms with Crippen LogP contribution >= 0.6 is 11.3 Å². The van der Waals surface area contributed by atoms with Crippen molar-refractivity contribution in [3.8, 4) is 11.5 Å². The van der Waals surface area contributed by atoms with E-state index >= 15 is 0 Å². The molecule has 0 fully saturated rings. The first-order valence-electron chi connectivity index (χ1n) is 8.75. The van der Waals surface area contributed by atoms with Crippen LogP contribution in [0.1, 0.15) is 32.9 Å². The van der Waals surface area contributed by atoms with E-state index in [9.17, 15) is 4.79 Å². The van der Waals surface area contributed by atoms with Crippen LogP contribution in [-0.2, 0) is 6.61 Å². The molecule has 0 bridgehead atoms. The third kappa shape index (κ3) is 4.86. The molecule has 27 heavy (non-hydrogen) atoms. The molecule has 1 aromatic heterocycles. The summed E-state index contributed by atoms with van der Waals surface area (Å²) in [6.07, 6.45) is 0. The number of carbonyl (C=O) groups is 1. The summed E-state index contributed by atoms with van der Waals surface area (Å²) in [6.45, 7) is 6.62. The van der Waals surface area contributed by atoms with E-state index in [1.807, 2.05) is 69.3 Å². The first-order valence-corrected chi connectivity index (χ1v) is 9.57. The van der Waals surface area contributed by atoms with Crippen LogP contribution in [-0.4, -0.2) is 17.5 Å². The molecule has 140 valence electrons. The first-order chi connectivity index (χ1) is 13.1. The van der Waals surface area contributed by atoms with Crippen LogP contribution in [0.15, 0.2) is 48.5 Å². The maximum Gasteiger partial charge on any atom is 0.267 e. The molecule has 1 heterocycles. The van der Waals surface area contributed by atoms with Crippen molar-refractivity contribution < 1.29 is 14.3 Å². The highest BCUT2D eigenvalue weighted by molar-refractivity contribution is 7.13. The Morgan fingerprint density at radius 2 is 1.93 bits per heavy atom. The molecule has 0 aliphatic heterocycles. The Morgan fingerprint density at radius 3 is 2.70 bits per heavy atom.